The number of methoxy groups -OCH3 is 2. The number of hydrogen-bond donors (Lipinski definition) is 2. The van der Waals surface area contributed by atoms with Crippen molar-refractivity contribution >= 4 is 11.6 Å². The summed E-state index contributed by atoms with van der Waals surface area (Å²) in [4.78, 5) is 11.7. The number of hydrogen-bond acceptors (Lipinski definition) is 4. The molecule has 0 saturated carbocycles. The average molecular weight is 227 g/mol. The average Bonchev–Trinajstić information content (AvgIpc) is 2.59. The van der Waals surface area contributed by atoms with E-state index in [1.807, 2.05) is 0 Å². The number of nitrogen functional groups attached to an aromatic ring is 1. The number of aromatic nitrogens is 1. The summed E-state index contributed by atoms with van der Waals surface area (Å²) < 4.78 is 11.6. The van der Waals surface area contributed by atoms with Crippen LogP contribution in [0, 0.1) is 0 Å². The standard InChI is InChI=1S/C10H17N3O3/c1-13-6-7(11)4-8(13)10(14)12-5-9(15-2)16-3/h4,6,9H,5,11H2,1-3H3,(H,12,14). The highest BCUT2D eigenvalue weighted by Gasteiger charge is 2.12. The Hall–Kier alpha value is -1.53. The predicted molar refractivity (Wildman–Crippen MR) is 60.0 cm³/mol. The minimum Gasteiger partial charge on any atom is -0.397 e. The molecule has 6 nitrogen and oxygen atoms in total. The topological polar surface area (TPSA) is 78.5 Å². The van der Waals surface area contributed by atoms with E-state index in [0.29, 0.717) is 11.4 Å². The number of amides is 1. The first kappa shape index (κ1) is 12.5. The first-order valence-electron chi connectivity index (χ1n) is 4.84. The highest BCUT2D eigenvalue weighted by molar-refractivity contribution is 5.93. The maximum atomic E-state index is 11.7. The SMILES string of the molecule is COC(CNC(=O)c1cc(N)cn1C)OC. The van der Waals surface area contributed by atoms with Gasteiger partial charge >= 0.3 is 0 Å². The monoisotopic (exact) mass is 227 g/mol. The molecule has 3 N–H and O–H groups in total. The van der Waals surface area contributed by atoms with E-state index >= 15 is 0 Å². The van der Waals surface area contributed by atoms with Gasteiger partial charge in [-0.3, -0.25) is 4.79 Å². The molecular formula is C10H17N3O3. The third-order valence-electron chi connectivity index (χ3n) is 2.21. The molecular weight excluding hydrogens is 210 g/mol. The van der Waals surface area contributed by atoms with Crippen molar-refractivity contribution in [1.29, 1.82) is 0 Å². The van der Waals surface area contributed by atoms with Gasteiger partial charge in [0.25, 0.3) is 5.91 Å². The second-order valence-electron chi connectivity index (χ2n) is 3.38. The third-order valence-corrected chi connectivity index (χ3v) is 2.21. The van der Waals surface area contributed by atoms with Crippen molar-refractivity contribution in [3.8, 4) is 0 Å². The number of carbonyl (C=O) groups is 1. The summed E-state index contributed by atoms with van der Waals surface area (Å²) in [6.07, 6.45) is 1.24. The van der Waals surface area contributed by atoms with Gasteiger partial charge in [0.05, 0.1) is 12.2 Å². The molecule has 0 bridgehead atoms. The van der Waals surface area contributed by atoms with E-state index in [1.54, 1.807) is 23.9 Å². The molecule has 1 amide bonds. The molecule has 0 aliphatic rings. The Bertz CT molecular complexity index is 358. The van der Waals surface area contributed by atoms with Gasteiger partial charge in [-0.25, -0.2) is 0 Å². The highest BCUT2D eigenvalue weighted by Crippen LogP contribution is 2.08. The molecule has 1 heterocycles. The van der Waals surface area contributed by atoms with Crippen molar-refractivity contribution in [2.24, 2.45) is 7.05 Å². The van der Waals surface area contributed by atoms with Gasteiger partial charge in [-0.05, 0) is 6.07 Å². The van der Waals surface area contributed by atoms with Crippen LogP contribution in [0.25, 0.3) is 0 Å². The number of ether oxygens (including phenoxy) is 2. The van der Waals surface area contributed by atoms with Gasteiger partial charge in [-0.1, -0.05) is 0 Å². The Morgan fingerprint density at radius 1 is 1.56 bits per heavy atom. The van der Waals surface area contributed by atoms with Crippen molar-refractivity contribution in [1.82, 2.24) is 9.88 Å². The Morgan fingerprint density at radius 3 is 2.62 bits per heavy atom. The van der Waals surface area contributed by atoms with Crippen molar-refractivity contribution in [3.05, 3.63) is 18.0 Å². The Balaban J connectivity index is 2.56. The largest absolute Gasteiger partial charge is 0.397 e. The fourth-order valence-corrected chi connectivity index (χ4v) is 1.35. The number of nitrogens with one attached hydrogen (secondary N) is 1. The summed E-state index contributed by atoms with van der Waals surface area (Å²) in [5, 5.41) is 2.69. The normalized spacial score (nSPS) is 10.8. The molecule has 16 heavy (non-hydrogen) atoms. The van der Waals surface area contributed by atoms with Gasteiger partial charge in [-0.2, -0.15) is 0 Å². The van der Waals surface area contributed by atoms with E-state index in [-0.39, 0.29) is 12.5 Å². The summed E-state index contributed by atoms with van der Waals surface area (Å²) in [6, 6.07) is 1.62. The van der Waals surface area contributed by atoms with Crippen molar-refractivity contribution in [2.45, 2.75) is 6.29 Å². The van der Waals surface area contributed by atoms with E-state index in [2.05, 4.69) is 5.32 Å². The molecule has 1 rings (SSSR count). The molecule has 0 atom stereocenters. The van der Waals surface area contributed by atoms with E-state index < -0.39 is 6.29 Å². The van der Waals surface area contributed by atoms with Crippen LogP contribution in [0.1, 0.15) is 10.5 Å². The van der Waals surface area contributed by atoms with Gasteiger partial charge in [-0.15, -0.1) is 0 Å². The first-order chi connectivity index (χ1) is 7.58. The second-order valence-corrected chi connectivity index (χ2v) is 3.38. The summed E-state index contributed by atoms with van der Waals surface area (Å²) in [5.74, 6) is -0.210. The van der Waals surface area contributed by atoms with Crippen LogP contribution in [0.3, 0.4) is 0 Å². The molecule has 1 aromatic heterocycles. The van der Waals surface area contributed by atoms with Gasteiger partial charge in [0.1, 0.15) is 5.69 Å². The van der Waals surface area contributed by atoms with E-state index in [4.69, 9.17) is 15.2 Å². The molecule has 0 fully saturated rings. The quantitative estimate of drug-likeness (QED) is 0.692. The minimum absolute atomic E-state index is 0.210. The Kier molecular flexibility index (Phi) is 4.33. The lowest BCUT2D eigenvalue weighted by molar-refractivity contribution is -0.0974. The fourth-order valence-electron chi connectivity index (χ4n) is 1.35. The molecule has 0 aliphatic carbocycles. The third kappa shape index (κ3) is 2.98. The van der Waals surface area contributed by atoms with Crippen LogP contribution in [-0.2, 0) is 16.5 Å². The van der Waals surface area contributed by atoms with Crippen LogP contribution >= 0.6 is 0 Å². The molecule has 0 unspecified atom stereocenters. The zero-order chi connectivity index (χ0) is 12.1. The number of carbonyl (C=O) groups excluding carboxylic acids is 1. The molecule has 0 radical (unpaired) electrons. The maximum absolute atomic E-state index is 11.7. The molecule has 90 valence electrons. The number of nitrogens with two attached hydrogens (primary N) is 1. The van der Waals surface area contributed by atoms with Crippen molar-refractivity contribution in [2.75, 3.05) is 26.5 Å². The second kappa shape index (κ2) is 5.53. The Morgan fingerprint density at radius 2 is 2.19 bits per heavy atom. The molecule has 1 aromatic rings. The van der Waals surface area contributed by atoms with E-state index in [0.717, 1.165) is 0 Å². The molecule has 0 saturated heterocycles. The molecule has 0 aliphatic heterocycles. The van der Waals surface area contributed by atoms with Gasteiger partial charge in [0.2, 0.25) is 0 Å². The molecule has 6 heteroatoms. The van der Waals surface area contributed by atoms with Crippen LogP contribution in [0.5, 0.6) is 0 Å². The number of nitrogens with zero attached hydrogens (tertiary/aromatic N) is 1. The smallest absolute Gasteiger partial charge is 0.268 e. The summed E-state index contributed by atoms with van der Waals surface area (Å²) in [6.45, 7) is 0.289. The predicted octanol–water partition coefficient (Wildman–Crippen LogP) is -0.0440. The van der Waals surface area contributed by atoms with Crippen molar-refractivity contribution in [3.63, 3.8) is 0 Å². The lowest BCUT2D eigenvalue weighted by Gasteiger charge is -2.14. The highest BCUT2D eigenvalue weighted by atomic mass is 16.7. The zero-order valence-electron chi connectivity index (χ0n) is 9.69. The number of aryl methyl sites for hydroxylation is 1. The number of rotatable bonds is 5. The lowest BCUT2D eigenvalue weighted by Crippen LogP contribution is -2.34. The van der Waals surface area contributed by atoms with Gasteiger partial charge < -0.3 is 25.1 Å². The maximum Gasteiger partial charge on any atom is 0.268 e. The number of anilines is 1. The van der Waals surface area contributed by atoms with Gasteiger partial charge in [0.15, 0.2) is 6.29 Å². The van der Waals surface area contributed by atoms with Crippen LogP contribution in [0.2, 0.25) is 0 Å². The van der Waals surface area contributed by atoms with E-state index in [9.17, 15) is 4.79 Å². The Labute approximate surface area is 94.3 Å². The van der Waals surface area contributed by atoms with Crippen molar-refractivity contribution < 1.29 is 14.3 Å². The summed E-state index contributed by atoms with van der Waals surface area (Å²) in [7, 11) is 4.79. The van der Waals surface area contributed by atoms with E-state index in [1.165, 1.54) is 14.2 Å². The first-order valence-corrected chi connectivity index (χ1v) is 4.84. The molecule has 0 spiro atoms. The van der Waals surface area contributed by atoms with Crippen LogP contribution in [0.15, 0.2) is 12.3 Å². The van der Waals surface area contributed by atoms with Crippen LogP contribution in [-0.4, -0.2) is 37.5 Å². The minimum atomic E-state index is -0.443. The lowest BCUT2D eigenvalue weighted by atomic mass is 10.4. The van der Waals surface area contributed by atoms with Crippen LogP contribution < -0.4 is 11.1 Å². The fraction of sp³-hybridized carbons (Fsp3) is 0.500. The molecule has 0 aromatic carbocycles. The summed E-state index contributed by atoms with van der Waals surface area (Å²) >= 11 is 0. The van der Waals surface area contributed by atoms with Crippen LogP contribution in [0.4, 0.5) is 5.69 Å². The summed E-state index contributed by atoms with van der Waals surface area (Å²) in [5.41, 5.74) is 6.64. The van der Waals surface area contributed by atoms with Gasteiger partial charge in [0, 0.05) is 27.5 Å². The zero-order valence-corrected chi connectivity index (χ0v) is 9.69.